The minimum atomic E-state index is 0.0592. The fourth-order valence-corrected chi connectivity index (χ4v) is 3.17. The Bertz CT molecular complexity index is 321. The first-order valence-electron chi connectivity index (χ1n) is 5.59. The summed E-state index contributed by atoms with van der Waals surface area (Å²) in [6, 6.07) is 0.583. The Balaban J connectivity index is 2.13. The largest absolute Gasteiger partial charge is 0.323 e. The van der Waals surface area contributed by atoms with Crippen molar-refractivity contribution in [3.63, 3.8) is 0 Å². The van der Waals surface area contributed by atoms with Gasteiger partial charge in [0.1, 0.15) is 5.01 Å². The summed E-state index contributed by atoms with van der Waals surface area (Å²) in [5.41, 5.74) is 6.86. The highest BCUT2D eigenvalue weighted by Crippen LogP contribution is 2.32. The highest BCUT2D eigenvalue weighted by Gasteiger charge is 2.23. The van der Waals surface area contributed by atoms with Crippen molar-refractivity contribution in [3.8, 4) is 0 Å². The van der Waals surface area contributed by atoms with Gasteiger partial charge in [-0.2, -0.15) is 0 Å². The lowest BCUT2D eigenvalue weighted by atomic mass is 10.0. The highest BCUT2D eigenvalue weighted by atomic mass is 32.1. The third kappa shape index (κ3) is 2.38. The molecule has 0 bridgehead atoms. The molecule has 1 saturated heterocycles. The molecule has 2 rings (SSSR count). The van der Waals surface area contributed by atoms with Crippen LogP contribution in [0.4, 0.5) is 0 Å². The van der Waals surface area contributed by atoms with Crippen molar-refractivity contribution in [2.45, 2.75) is 38.3 Å². The van der Waals surface area contributed by atoms with Gasteiger partial charge in [-0.15, -0.1) is 11.3 Å². The van der Waals surface area contributed by atoms with Gasteiger partial charge in [0.05, 0.1) is 11.7 Å². The number of aromatic nitrogens is 1. The van der Waals surface area contributed by atoms with E-state index in [0.29, 0.717) is 6.04 Å². The number of piperidine rings is 1. The van der Waals surface area contributed by atoms with Gasteiger partial charge in [-0.05, 0) is 33.4 Å². The molecule has 1 aliphatic heterocycles. The van der Waals surface area contributed by atoms with Crippen molar-refractivity contribution in [1.29, 1.82) is 0 Å². The summed E-state index contributed by atoms with van der Waals surface area (Å²) in [6.07, 6.45) is 3.88. The standard InChI is InChI=1S/C11H19N3S/c1-8(12)9-7-15-11(13-9)10-5-3-4-6-14(10)2/h7-8,10H,3-6,12H2,1-2H3. The minimum absolute atomic E-state index is 0.0592. The maximum atomic E-state index is 5.82. The molecule has 0 aromatic carbocycles. The van der Waals surface area contributed by atoms with Crippen LogP contribution in [0.25, 0.3) is 0 Å². The Kier molecular flexibility index (Phi) is 3.38. The van der Waals surface area contributed by atoms with Crippen LogP contribution in [0, 0.1) is 0 Å². The first-order valence-corrected chi connectivity index (χ1v) is 6.47. The van der Waals surface area contributed by atoms with Crippen LogP contribution < -0.4 is 5.73 Å². The molecular weight excluding hydrogens is 206 g/mol. The number of hydrogen-bond donors (Lipinski definition) is 1. The van der Waals surface area contributed by atoms with E-state index >= 15 is 0 Å². The van der Waals surface area contributed by atoms with Crippen LogP contribution in [0.5, 0.6) is 0 Å². The smallest absolute Gasteiger partial charge is 0.110 e. The Morgan fingerprint density at radius 3 is 3.00 bits per heavy atom. The van der Waals surface area contributed by atoms with Crippen LogP contribution >= 0.6 is 11.3 Å². The van der Waals surface area contributed by atoms with E-state index in [1.165, 1.54) is 30.8 Å². The molecule has 0 aliphatic carbocycles. The van der Waals surface area contributed by atoms with Crippen LogP contribution in [0.1, 0.15) is 49.0 Å². The van der Waals surface area contributed by atoms with Gasteiger partial charge in [-0.25, -0.2) is 4.98 Å². The zero-order valence-electron chi connectivity index (χ0n) is 9.44. The maximum absolute atomic E-state index is 5.82. The summed E-state index contributed by atoms with van der Waals surface area (Å²) in [7, 11) is 2.19. The summed E-state index contributed by atoms with van der Waals surface area (Å²) < 4.78 is 0. The summed E-state index contributed by atoms with van der Waals surface area (Å²) in [6.45, 7) is 3.18. The Morgan fingerprint density at radius 2 is 2.40 bits per heavy atom. The summed E-state index contributed by atoms with van der Waals surface area (Å²) in [5, 5.41) is 3.34. The second-order valence-corrected chi connectivity index (χ2v) is 5.28. The van der Waals surface area contributed by atoms with Gasteiger partial charge >= 0.3 is 0 Å². The highest BCUT2D eigenvalue weighted by molar-refractivity contribution is 7.09. The molecule has 15 heavy (non-hydrogen) atoms. The first kappa shape index (κ1) is 11.0. The molecule has 2 heterocycles. The number of likely N-dealkylation sites (tertiary alicyclic amines) is 1. The van der Waals surface area contributed by atoms with Gasteiger partial charge in [0.15, 0.2) is 0 Å². The third-order valence-corrected chi connectivity index (χ3v) is 4.03. The molecule has 0 radical (unpaired) electrons. The van der Waals surface area contributed by atoms with E-state index in [2.05, 4.69) is 22.3 Å². The molecule has 1 aromatic heterocycles. The molecule has 3 nitrogen and oxygen atoms in total. The van der Waals surface area contributed by atoms with Crippen LogP contribution in [-0.4, -0.2) is 23.5 Å². The van der Waals surface area contributed by atoms with Gasteiger partial charge < -0.3 is 5.73 Å². The molecule has 0 saturated carbocycles. The van der Waals surface area contributed by atoms with Crippen LogP contribution in [0.15, 0.2) is 5.38 Å². The molecule has 1 aliphatic rings. The molecule has 2 unspecified atom stereocenters. The molecule has 1 aromatic rings. The van der Waals surface area contributed by atoms with Crippen LogP contribution in [0.2, 0.25) is 0 Å². The predicted molar refractivity (Wildman–Crippen MR) is 63.9 cm³/mol. The van der Waals surface area contributed by atoms with E-state index in [-0.39, 0.29) is 6.04 Å². The van der Waals surface area contributed by atoms with Crippen molar-refractivity contribution >= 4 is 11.3 Å². The lowest BCUT2D eigenvalue weighted by Gasteiger charge is -2.30. The molecule has 0 spiro atoms. The zero-order chi connectivity index (χ0) is 10.8. The molecule has 2 atom stereocenters. The van der Waals surface area contributed by atoms with E-state index in [1.807, 2.05) is 6.92 Å². The van der Waals surface area contributed by atoms with E-state index in [4.69, 9.17) is 5.73 Å². The summed E-state index contributed by atoms with van der Waals surface area (Å²) >= 11 is 1.76. The van der Waals surface area contributed by atoms with Gasteiger partial charge in [0.2, 0.25) is 0 Å². The minimum Gasteiger partial charge on any atom is -0.323 e. The van der Waals surface area contributed by atoms with Crippen LogP contribution in [0.3, 0.4) is 0 Å². The Labute approximate surface area is 95.3 Å². The van der Waals surface area contributed by atoms with E-state index in [1.54, 1.807) is 11.3 Å². The molecule has 4 heteroatoms. The SMILES string of the molecule is CC(N)c1csc(C2CCCCN2C)n1. The first-order chi connectivity index (χ1) is 7.18. The predicted octanol–water partition coefficient (Wildman–Crippen LogP) is 2.32. The van der Waals surface area contributed by atoms with E-state index < -0.39 is 0 Å². The monoisotopic (exact) mass is 225 g/mol. The van der Waals surface area contributed by atoms with Crippen molar-refractivity contribution < 1.29 is 0 Å². The van der Waals surface area contributed by atoms with Gasteiger partial charge in [0, 0.05) is 11.4 Å². The van der Waals surface area contributed by atoms with Gasteiger partial charge in [-0.1, -0.05) is 6.42 Å². The zero-order valence-corrected chi connectivity index (χ0v) is 10.3. The topological polar surface area (TPSA) is 42.1 Å². The molecule has 84 valence electrons. The Morgan fingerprint density at radius 1 is 1.60 bits per heavy atom. The average Bonchev–Trinajstić information content (AvgIpc) is 2.67. The van der Waals surface area contributed by atoms with Gasteiger partial charge in [0.25, 0.3) is 0 Å². The Hall–Kier alpha value is -0.450. The number of nitrogens with zero attached hydrogens (tertiary/aromatic N) is 2. The van der Waals surface area contributed by atoms with Crippen molar-refractivity contribution in [3.05, 3.63) is 16.1 Å². The van der Waals surface area contributed by atoms with Crippen molar-refractivity contribution in [1.82, 2.24) is 9.88 Å². The fraction of sp³-hybridized carbons (Fsp3) is 0.727. The van der Waals surface area contributed by atoms with Crippen molar-refractivity contribution in [2.24, 2.45) is 5.73 Å². The quantitative estimate of drug-likeness (QED) is 0.840. The number of thiazole rings is 1. The molecule has 0 amide bonds. The summed E-state index contributed by atoms with van der Waals surface area (Å²) in [4.78, 5) is 7.05. The molecule has 2 N–H and O–H groups in total. The second-order valence-electron chi connectivity index (χ2n) is 4.39. The third-order valence-electron chi connectivity index (χ3n) is 3.06. The summed E-state index contributed by atoms with van der Waals surface area (Å²) in [5.74, 6) is 0. The molecule has 1 fully saturated rings. The number of nitrogens with two attached hydrogens (primary N) is 1. The normalized spacial score (nSPS) is 25.4. The fourth-order valence-electron chi connectivity index (χ4n) is 2.05. The maximum Gasteiger partial charge on any atom is 0.110 e. The average molecular weight is 225 g/mol. The van der Waals surface area contributed by atoms with Gasteiger partial charge in [-0.3, -0.25) is 4.90 Å². The van der Waals surface area contributed by atoms with E-state index in [9.17, 15) is 0 Å². The van der Waals surface area contributed by atoms with Crippen LogP contribution in [-0.2, 0) is 0 Å². The number of hydrogen-bond acceptors (Lipinski definition) is 4. The lowest BCUT2D eigenvalue weighted by Crippen LogP contribution is -2.29. The number of rotatable bonds is 2. The van der Waals surface area contributed by atoms with Crippen molar-refractivity contribution in [2.75, 3.05) is 13.6 Å². The second kappa shape index (κ2) is 4.60. The molecular formula is C11H19N3S. The van der Waals surface area contributed by atoms with E-state index in [0.717, 1.165) is 5.69 Å². The lowest BCUT2D eigenvalue weighted by molar-refractivity contribution is 0.187.